The number of benzene rings is 3. The van der Waals surface area contributed by atoms with E-state index in [1.54, 1.807) is 12.1 Å². The average molecular weight is 384 g/mol. The van der Waals surface area contributed by atoms with Gasteiger partial charge >= 0.3 is 0 Å². The summed E-state index contributed by atoms with van der Waals surface area (Å²) < 4.78 is 0. The maximum absolute atomic E-state index is 9.50. The zero-order valence-electron chi connectivity index (χ0n) is 16.1. The standard InChI is InChI=1S/C26H16N4/c27-15-23(16-28)25-14-22(12-20-9-5-2-6-10-20)26(24(17-29)18-30)13-21(25)11-19-7-3-1-4-8-19/h1-10,13-14H,11-12H2. The van der Waals surface area contributed by atoms with Crippen LogP contribution < -0.4 is 10.4 Å². The predicted molar refractivity (Wildman–Crippen MR) is 113 cm³/mol. The van der Waals surface area contributed by atoms with Crippen LogP contribution in [-0.4, -0.2) is 0 Å². The lowest BCUT2D eigenvalue weighted by atomic mass is 9.93. The lowest BCUT2D eigenvalue weighted by Crippen LogP contribution is -2.24. The third-order valence-electron chi connectivity index (χ3n) is 4.79. The maximum atomic E-state index is 9.50. The van der Waals surface area contributed by atoms with Gasteiger partial charge in [0.05, 0.1) is 0 Å². The molecule has 0 spiro atoms. The molecule has 4 heteroatoms. The molecule has 3 aromatic rings. The van der Waals surface area contributed by atoms with Gasteiger partial charge in [-0.2, -0.15) is 21.0 Å². The van der Waals surface area contributed by atoms with Gasteiger partial charge in [-0.3, -0.25) is 0 Å². The van der Waals surface area contributed by atoms with Crippen LogP contribution in [0, 0.1) is 45.3 Å². The predicted octanol–water partition coefficient (Wildman–Crippen LogP) is 3.26. The van der Waals surface area contributed by atoms with Crippen LogP contribution >= 0.6 is 0 Å². The van der Waals surface area contributed by atoms with Gasteiger partial charge in [0.2, 0.25) is 0 Å². The van der Waals surface area contributed by atoms with Crippen LogP contribution in [0.3, 0.4) is 0 Å². The second-order valence-corrected chi connectivity index (χ2v) is 6.69. The molecule has 30 heavy (non-hydrogen) atoms. The van der Waals surface area contributed by atoms with Gasteiger partial charge in [0.25, 0.3) is 0 Å². The summed E-state index contributed by atoms with van der Waals surface area (Å²) in [6, 6.07) is 30.8. The van der Waals surface area contributed by atoms with Gasteiger partial charge < -0.3 is 0 Å². The number of rotatable bonds is 4. The van der Waals surface area contributed by atoms with Crippen molar-refractivity contribution in [1.82, 2.24) is 0 Å². The molecular weight excluding hydrogens is 368 g/mol. The van der Waals surface area contributed by atoms with Crippen molar-refractivity contribution in [2.45, 2.75) is 12.8 Å². The molecule has 0 fully saturated rings. The molecule has 3 rings (SSSR count). The molecule has 0 radical (unpaired) electrons. The molecule has 0 saturated heterocycles. The van der Waals surface area contributed by atoms with Crippen LogP contribution in [0.4, 0.5) is 0 Å². The lowest BCUT2D eigenvalue weighted by Gasteiger charge is -2.10. The minimum absolute atomic E-state index is 0.0114. The zero-order valence-corrected chi connectivity index (χ0v) is 16.1. The van der Waals surface area contributed by atoms with Gasteiger partial charge in [0, 0.05) is 10.4 Å². The fourth-order valence-electron chi connectivity index (χ4n) is 3.37. The number of hydrogen-bond donors (Lipinski definition) is 0. The van der Waals surface area contributed by atoms with Crippen molar-refractivity contribution >= 4 is 11.1 Å². The molecule has 4 nitrogen and oxygen atoms in total. The molecule has 140 valence electrons. The summed E-state index contributed by atoms with van der Waals surface area (Å²) in [4.78, 5) is 0. The van der Waals surface area contributed by atoms with Crippen LogP contribution in [0.2, 0.25) is 0 Å². The van der Waals surface area contributed by atoms with Crippen molar-refractivity contribution < 1.29 is 0 Å². The van der Waals surface area contributed by atoms with Crippen molar-refractivity contribution in [3.8, 4) is 24.3 Å². The Morgan fingerprint density at radius 3 is 1.17 bits per heavy atom. The molecule has 0 aromatic heterocycles. The monoisotopic (exact) mass is 384 g/mol. The summed E-state index contributed by atoms with van der Waals surface area (Å²) in [5.41, 5.74) is 3.50. The quantitative estimate of drug-likeness (QED) is 0.690. The smallest absolute Gasteiger partial charge is 0.137 e. The first-order valence-corrected chi connectivity index (χ1v) is 9.28. The first kappa shape index (κ1) is 20.1. The first-order valence-electron chi connectivity index (χ1n) is 9.28. The minimum atomic E-state index is 0.0114. The molecule has 0 heterocycles. The highest BCUT2D eigenvalue weighted by Crippen LogP contribution is 2.10. The molecule has 0 amide bonds. The van der Waals surface area contributed by atoms with E-state index in [-0.39, 0.29) is 11.1 Å². The third kappa shape index (κ3) is 4.43. The van der Waals surface area contributed by atoms with Crippen molar-refractivity contribution in [3.05, 3.63) is 105 Å². The molecule has 0 aliphatic rings. The van der Waals surface area contributed by atoms with E-state index in [0.717, 1.165) is 22.3 Å². The molecule has 0 N–H and O–H groups in total. The first-order chi connectivity index (χ1) is 14.7. The Hall–Kier alpha value is -4.64. The number of nitrogens with zero attached hydrogens (tertiary/aromatic N) is 4. The zero-order chi connectivity index (χ0) is 21.3. The topological polar surface area (TPSA) is 95.2 Å². The van der Waals surface area contributed by atoms with Gasteiger partial charge in [-0.1, -0.05) is 60.7 Å². The van der Waals surface area contributed by atoms with Gasteiger partial charge in [-0.25, -0.2) is 0 Å². The van der Waals surface area contributed by atoms with Crippen LogP contribution in [0.5, 0.6) is 0 Å². The summed E-state index contributed by atoms with van der Waals surface area (Å²) in [6.45, 7) is 0. The molecule has 0 aliphatic heterocycles. The van der Waals surface area contributed by atoms with Crippen LogP contribution in [-0.2, 0) is 12.8 Å². The van der Waals surface area contributed by atoms with E-state index in [9.17, 15) is 21.0 Å². The van der Waals surface area contributed by atoms with Gasteiger partial charge in [-0.05, 0) is 47.2 Å². The highest BCUT2D eigenvalue weighted by atomic mass is 14.3. The summed E-state index contributed by atoms with van der Waals surface area (Å²) in [5, 5.41) is 39.1. The Labute approximate surface area is 175 Å². The average Bonchev–Trinajstić information content (AvgIpc) is 2.79. The Morgan fingerprint density at radius 1 is 0.533 bits per heavy atom. The fourth-order valence-corrected chi connectivity index (χ4v) is 3.37. The lowest BCUT2D eigenvalue weighted by molar-refractivity contribution is 1.11. The maximum Gasteiger partial charge on any atom is 0.137 e. The SMILES string of the molecule is N#CC(C#N)=c1cc(Cc2ccccc2)c(=C(C#N)C#N)cc1Cc1ccccc1. The largest absolute Gasteiger partial charge is 0.192 e. The van der Waals surface area contributed by atoms with E-state index in [1.165, 1.54) is 0 Å². The molecule has 0 aliphatic carbocycles. The number of nitriles is 4. The van der Waals surface area contributed by atoms with Crippen LogP contribution in [0.15, 0.2) is 72.8 Å². The van der Waals surface area contributed by atoms with E-state index in [2.05, 4.69) is 0 Å². The van der Waals surface area contributed by atoms with Crippen molar-refractivity contribution in [1.29, 1.82) is 21.0 Å². The van der Waals surface area contributed by atoms with E-state index in [4.69, 9.17) is 0 Å². The Morgan fingerprint density at radius 2 is 0.867 bits per heavy atom. The Bertz CT molecular complexity index is 1220. The van der Waals surface area contributed by atoms with Crippen molar-refractivity contribution in [2.75, 3.05) is 0 Å². The normalized spacial score (nSPS) is 9.47. The second-order valence-electron chi connectivity index (χ2n) is 6.69. The molecular formula is C26H16N4. The molecule has 0 bridgehead atoms. The Kier molecular flexibility index (Phi) is 6.38. The molecule has 0 atom stereocenters. The second kappa shape index (κ2) is 9.52. The molecule has 0 saturated carbocycles. The van der Waals surface area contributed by atoms with Gasteiger partial charge in [0.1, 0.15) is 35.4 Å². The van der Waals surface area contributed by atoms with Gasteiger partial charge in [-0.15, -0.1) is 0 Å². The molecule has 0 unspecified atom stereocenters. The summed E-state index contributed by atoms with van der Waals surface area (Å²) in [7, 11) is 0. The molecule has 3 aromatic carbocycles. The highest BCUT2D eigenvalue weighted by Gasteiger charge is 2.11. The van der Waals surface area contributed by atoms with E-state index in [1.807, 2.05) is 84.9 Å². The summed E-state index contributed by atoms with van der Waals surface area (Å²) in [6.07, 6.45) is 0.956. The third-order valence-corrected chi connectivity index (χ3v) is 4.79. The summed E-state index contributed by atoms with van der Waals surface area (Å²) in [5.74, 6) is 0. The van der Waals surface area contributed by atoms with E-state index >= 15 is 0 Å². The minimum Gasteiger partial charge on any atom is -0.192 e. The van der Waals surface area contributed by atoms with E-state index < -0.39 is 0 Å². The van der Waals surface area contributed by atoms with E-state index in [0.29, 0.717) is 23.3 Å². The van der Waals surface area contributed by atoms with Crippen molar-refractivity contribution in [3.63, 3.8) is 0 Å². The van der Waals surface area contributed by atoms with Crippen molar-refractivity contribution in [2.24, 2.45) is 0 Å². The van der Waals surface area contributed by atoms with Crippen LogP contribution in [0.1, 0.15) is 22.3 Å². The summed E-state index contributed by atoms with van der Waals surface area (Å²) >= 11 is 0. The van der Waals surface area contributed by atoms with Crippen LogP contribution in [0.25, 0.3) is 11.1 Å². The number of hydrogen-bond acceptors (Lipinski definition) is 4. The highest BCUT2D eigenvalue weighted by molar-refractivity contribution is 5.76. The fraction of sp³-hybridized carbons (Fsp3) is 0.0769. The Balaban J connectivity index is 2.35. The van der Waals surface area contributed by atoms with Gasteiger partial charge in [0.15, 0.2) is 0 Å².